The fraction of sp³-hybridized carbons (Fsp3) is 0.120. The van der Waals surface area contributed by atoms with Crippen molar-refractivity contribution in [3.8, 4) is 0 Å². The van der Waals surface area contributed by atoms with Gasteiger partial charge in [0.05, 0.1) is 5.56 Å². The second-order valence-corrected chi connectivity index (χ2v) is 7.51. The maximum atomic E-state index is 12.8. The van der Waals surface area contributed by atoms with Gasteiger partial charge in [0.25, 0.3) is 5.91 Å². The van der Waals surface area contributed by atoms with Crippen LogP contribution >= 0.6 is 0 Å². The molecule has 0 radical (unpaired) electrons. The Hall–Kier alpha value is -3.87. The summed E-state index contributed by atoms with van der Waals surface area (Å²) in [6.45, 7) is 0. The SMILES string of the molecule is NC(=O)[C@@H](Cc1c2ccccc2cc2ccccc12)NC(=O)c1ccc(C(F)(F)F)cc1. The van der Waals surface area contributed by atoms with Crippen LogP contribution in [0.5, 0.6) is 0 Å². The van der Waals surface area contributed by atoms with Gasteiger partial charge in [-0.25, -0.2) is 0 Å². The number of primary amides is 1. The molecule has 4 aromatic carbocycles. The van der Waals surface area contributed by atoms with Gasteiger partial charge in [0.1, 0.15) is 6.04 Å². The number of halogens is 3. The Balaban J connectivity index is 1.66. The molecule has 4 rings (SSSR count). The van der Waals surface area contributed by atoms with Crippen molar-refractivity contribution in [1.29, 1.82) is 0 Å². The third-order valence-electron chi connectivity index (χ3n) is 5.41. The minimum Gasteiger partial charge on any atom is -0.368 e. The zero-order chi connectivity index (χ0) is 22.9. The van der Waals surface area contributed by atoms with Gasteiger partial charge in [-0.3, -0.25) is 9.59 Å². The molecule has 0 aliphatic heterocycles. The first-order valence-corrected chi connectivity index (χ1v) is 9.91. The largest absolute Gasteiger partial charge is 0.416 e. The number of fused-ring (bicyclic) bond motifs is 2. The van der Waals surface area contributed by atoms with Crippen LogP contribution in [0.25, 0.3) is 21.5 Å². The van der Waals surface area contributed by atoms with Gasteiger partial charge in [-0.15, -0.1) is 0 Å². The van der Waals surface area contributed by atoms with Gasteiger partial charge >= 0.3 is 6.18 Å². The number of alkyl halides is 3. The van der Waals surface area contributed by atoms with Crippen LogP contribution in [0.3, 0.4) is 0 Å². The van der Waals surface area contributed by atoms with E-state index >= 15 is 0 Å². The number of nitrogens with one attached hydrogen (secondary N) is 1. The highest BCUT2D eigenvalue weighted by Crippen LogP contribution is 2.30. The molecule has 0 heterocycles. The molecule has 2 amide bonds. The lowest BCUT2D eigenvalue weighted by Gasteiger charge is -2.19. The van der Waals surface area contributed by atoms with E-state index in [4.69, 9.17) is 5.73 Å². The summed E-state index contributed by atoms with van der Waals surface area (Å²) < 4.78 is 38.3. The predicted molar refractivity (Wildman–Crippen MR) is 117 cm³/mol. The zero-order valence-electron chi connectivity index (χ0n) is 16.8. The van der Waals surface area contributed by atoms with Gasteiger partial charge < -0.3 is 11.1 Å². The Bertz CT molecular complexity index is 1260. The Morgan fingerprint density at radius 1 is 0.844 bits per heavy atom. The van der Waals surface area contributed by atoms with Crippen molar-refractivity contribution in [2.75, 3.05) is 0 Å². The molecule has 7 heteroatoms. The highest BCUT2D eigenvalue weighted by atomic mass is 19.4. The van der Waals surface area contributed by atoms with Gasteiger partial charge in [-0.2, -0.15) is 13.2 Å². The molecular weight excluding hydrogens is 417 g/mol. The predicted octanol–water partition coefficient (Wildman–Crippen LogP) is 4.84. The number of amides is 2. The molecule has 0 aromatic heterocycles. The van der Waals surface area contributed by atoms with E-state index in [-0.39, 0.29) is 12.0 Å². The molecule has 0 spiro atoms. The smallest absolute Gasteiger partial charge is 0.368 e. The minimum atomic E-state index is -4.50. The normalized spacial score (nSPS) is 12.6. The second-order valence-electron chi connectivity index (χ2n) is 7.51. The van der Waals surface area contributed by atoms with Crippen LogP contribution in [0.2, 0.25) is 0 Å². The van der Waals surface area contributed by atoms with E-state index in [0.717, 1.165) is 51.4 Å². The number of rotatable bonds is 5. The summed E-state index contributed by atoms with van der Waals surface area (Å²) in [7, 11) is 0. The van der Waals surface area contributed by atoms with Crippen LogP contribution in [-0.4, -0.2) is 17.9 Å². The monoisotopic (exact) mass is 436 g/mol. The summed E-state index contributed by atoms with van der Waals surface area (Å²) in [4.78, 5) is 24.8. The summed E-state index contributed by atoms with van der Waals surface area (Å²) >= 11 is 0. The van der Waals surface area contributed by atoms with Crippen molar-refractivity contribution < 1.29 is 22.8 Å². The van der Waals surface area contributed by atoms with Crippen LogP contribution in [0.1, 0.15) is 21.5 Å². The van der Waals surface area contributed by atoms with Crippen LogP contribution in [-0.2, 0) is 17.4 Å². The van der Waals surface area contributed by atoms with Crippen molar-refractivity contribution in [3.63, 3.8) is 0 Å². The van der Waals surface area contributed by atoms with E-state index in [1.54, 1.807) is 0 Å². The number of hydrogen-bond donors (Lipinski definition) is 2. The van der Waals surface area contributed by atoms with E-state index in [9.17, 15) is 22.8 Å². The number of nitrogens with two attached hydrogens (primary N) is 1. The third-order valence-corrected chi connectivity index (χ3v) is 5.41. The Kier molecular flexibility index (Phi) is 5.57. The molecular formula is C25H19F3N2O2. The molecule has 3 N–H and O–H groups in total. The van der Waals surface area contributed by atoms with Crippen LogP contribution in [0.15, 0.2) is 78.9 Å². The zero-order valence-corrected chi connectivity index (χ0v) is 16.8. The molecule has 0 bridgehead atoms. The first kappa shape index (κ1) is 21.4. The van der Waals surface area contributed by atoms with E-state index in [1.807, 2.05) is 54.6 Å². The number of hydrogen-bond acceptors (Lipinski definition) is 2. The lowest BCUT2D eigenvalue weighted by atomic mass is 9.92. The second kappa shape index (κ2) is 8.34. The highest BCUT2D eigenvalue weighted by molar-refractivity contribution is 6.03. The summed E-state index contributed by atoms with van der Waals surface area (Å²) in [5.41, 5.74) is 5.58. The van der Waals surface area contributed by atoms with E-state index < -0.39 is 29.6 Å². The topological polar surface area (TPSA) is 72.2 Å². The molecule has 32 heavy (non-hydrogen) atoms. The average Bonchev–Trinajstić information content (AvgIpc) is 2.77. The van der Waals surface area contributed by atoms with Crippen molar-refractivity contribution in [3.05, 3.63) is 95.6 Å². The van der Waals surface area contributed by atoms with Crippen LogP contribution < -0.4 is 11.1 Å². The molecule has 0 aliphatic rings. The van der Waals surface area contributed by atoms with Gasteiger partial charge in [0.2, 0.25) is 5.91 Å². The Morgan fingerprint density at radius 3 is 1.88 bits per heavy atom. The summed E-state index contributed by atoms with van der Waals surface area (Å²) in [6.07, 6.45) is -4.36. The van der Waals surface area contributed by atoms with Crippen molar-refractivity contribution in [2.24, 2.45) is 5.73 Å². The van der Waals surface area contributed by atoms with Crippen LogP contribution in [0.4, 0.5) is 13.2 Å². The number of carbonyl (C=O) groups is 2. The van der Waals surface area contributed by atoms with Crippen molar-refractivity contribution in [2.45, 2.75) is 18.6 Å². The Labute approximate surface area is 181 Å². The van der Waals surface area contributed by atoms with Gasteiger partial charge in [-0.05, 0) is 57.4 Å². The first-order valence-electron chi connectivity index (χ1n) is 9.91. The molecule has 0 saturated heterocycles. The molecule has 0 fully saturated rings. The first-order chi connectivity index (χ1) is 15.2. The average molecular weight is 436 g/mol. The maximum absolute atomic E-state index is 12.8. The summed E-state index contributed by atoms with van der Waals surface area (Å²) in [6, 6.07) is 20.2. The molecule has 1 atom stereocenters. The van der Waals surface area contributed by atoms with Crippen LogP contribution in [0, 0.1) is 0 Å². The summed E-state index contributed by atoms with van der Waals surface area (Å²) in [5.74, 6) is -1.41. The van der Waals surface area contributed by atoms with Crippen molar-refractivity contribution in [1.82, 2.24) is 5.32 Å². The summed E-state index contributed by atoms with van der Waals surface area (Å²) in [5, 5.41) is 6.41. The standard InChI is InChI=1S/C25H19F3N2O2/c26-25(27,28)18-11-9-15(10-12-18)24(32)30-22(23(29)31)14-21-19-7-3-1-5-16(19)13-17-6-2-4-8-20(17)21/h1-13,22H,14H2,(H2,29,31)(H,30,32)/t22-/m1/s1. The molecule has 4 aromatic rings. The highest BCUT2D eigenvalue weighted by Gasteiger charge is 2.30. The van der Waals surface area contributed by atoms with E-state index in [1.165, 1.54) is 0 Å². The fourth-order valence-corrected chi connectivity index (χ4v) is 3.81. The molecule has 0 aliphatic carbocycles. The van der Waals surface area contributed by atoms with Crippen molar-refractivity contribution >= 4 is 33.4 Å². The Morgan fingerprint density at radius 2 is 1.38 bits per heavy atom. The van der Waals surface area contributed by atoms with Gasteiger partial charge in [-0.1, -0.05) is 48.5 Å². The minimum absolute atomic E-state index is 0.00651. The van der Waals surface area contributed by atoms with E-state index in [2.05, 4.69) is 5.32 Å². The fourth-order valence-electron chi connectivity index (χ4n) is 3.81. The molecule has 162 valence electrons. The third kappa shape index (κ3) is 4.27. The number of carbonyl (C=O) groups excluding carboxylic acids is 2. The van der Waals surface area contributed by atoms with E-state index in [0.29, 0.717) is 0 Å². The lowest BCUT2D eigenvalue weighted by Crippen LogP contribution is -2.45. The lowest BCUT2D eigenvalue weighted by molar-refractivity contribution is -0.137. The molecule has 0 saturated carbocycles. The molecule has 0 unspecified atom stereocenters. The number of benzene rings is 4. The quantitative estimate of drug-likeness (QED) is 0.440. The molecule has 4 nitrogen and oxygen atoms in total. The van der Waals surface area contributed by atoms with Gasteiger partial charge in [0.15, 0.2) is 0 Å². The maximum Gasteiger partial charge on any atom is 0.416 e. The van der Waals surface area contributed by atoms with Gasteiger partial charge in [0, 0.05) is 12.0 Å².